The maximum atomic E-state index is 12.3. The van der Waals surface area contributed by atoms with Crippen LogP contribution < -0.4 is 19.7 Å². The first-order chi connectivity index (χ1) is 13.2. The quantitative estimate of drug-likeness (QED) is 0.763. The molecule has 140 valence electrons. The van der Waals surface area contributed by atoms with Crippen molar-refractivity contribution in [3.63, 3.8) is 0 Å². The third-order valence-corrected chi connectivity index (χ3v) is 4.55. The molecule has 1 fully saturated rings. The second kappa shape index (κ2) is 7.48. The fourth-order valence-electron chi connectivity index (χ4n) is 2.98. The number of carbonyl (C=O) groups is 2. The summed E-state index contributed by atoms with van der Waals surface area (Å²) < 4.78 is 10.6. The number of benzene rings is 1. The van der Waals surface area contributed by atoms with Crippen LogP contribution in [0.2, 0.25) is 0 Å². The van der Waals surface area contributed by atoms with E-state index >= 15 is 0 Å². The molecule has 1 aromatic heterocycles. The molecular formula is C18H19N5O4. The molecule has 0 unspecified atom stereocenters. The van der Waals surface area contributed by atoms with Gasteiger partial charge in [-0.25, -0.2) is 9.97 Å². The molecule has 2 amide bonds. The van der Waals surface area contributed by atoms with E-state index in [0.717, 1.165) is 12.0 Å². The largest absolute Gasteiger partial charge is 0.454 e. The lowest BCUT2D eigenvalue weighted by Crippen LogP contribution is -2.46. The Morgan fingerprint density at radius 3 is 2.67 bits per heavy atom. The van der Waals surface area contributed by atoms with Crippen molar-refractivity contribution < 1.29 is 19.1 Å². The number of nitrogens with one attached hydrogen (secondary N) is 1. The molecule has 1 N–H and O–H groups in total. The van der Waals surface area contributed by atoms with Crippen LogP contribution in [0.5, 0.6) is 11.5 Å². The van der Waals surface area contributed by atoms with Gasteiger partial charge in [-0.2, -0.15) is 0 Å². The van der Waals surface area contributed by atoms with Crippen LogP contribution in [-0.4, -0.2) is 60.2 Å². The van der Waals surface area contributed by atoms with Crippen molar-refractivity contribution in [2.24, 2.45) is 0 Å². The van der Waals surface area contributed by atoms with E-state index in [4.69, 9.17) is 9.47 Å². The van der Waals surface area contributed by atoms with E-state index in [2.05, 4.69) is 15.3 Å². The van der Waals surface area contributed by atoms with Gasteiger partial charge in [-0.1, -0.05) is 6.07 Å². The van der Waals surface area contributed by atoms with Crippen LogP contribution in [0.3, 0.4) is 0 Å². The molecule has 2 aliphatic heterocycles. The summed E-state index contributed by atoms with van der Waals surface area (Å²) in [4.78, 5) is 35.4. The Morgan fingerprint density at radius 1 is 1.11 bits per heavy atom. The average molecular weight is 369 g/mol. The summed E-state index contributed by atoms with van der Waals surface area (Å²) in [6.07, 6.45) is 3.92. The molecular weight excluding hydrogens is 350 g/mol. The van der Waals surface area contributed by atoms with Crippen molar-refractivity contribution in [2.75, 3.05) is 37.9 Å². The van der Waals surface area contributed by atoms with Gasteiger partial charge in [0.1, 0.15) is 11.5 Å². The molecule has 2 aliphatic rings. The molecule has 27 heavy (non-hydrogen) atoms. The van der Waals surface area contributed by atoms with E-state index in [1.54, 1.807) is 11.1 Å². The lowest BCUT2D eigenvalue weighted by molar-refractivity contribution is -0.118. The van der Waals surface area contributed by atoms with Gasteiger partial charge < -0.3 is 24.6 Å². The second-order valence-electron chi connectivity index (χ2n) is 6.26. The van der Waals surface area contributed by atoms with Crippen molar-refractivity contribution in [3.8, 4) is 11.5 Å². The van der Waals surface area contributed by atoms with Crippen LogP contribution in [-0.2, 0) is 11.3 Å². The highest BCUT2D eigenvalue weighted by Gasteiger charge is 2.18. The molecule has 3 heterocycles. The first kappa shape index (κ1) is 17.1. The Balaban J connectivity index is 1.33. The Kier molecular flexibility index (Phi) is 4.73. The maximum absolute atomic E-state index is 12.3. The van der Waals surface area contributed by atoms with Gasteiger partial charge in [0, 0.05) is 32.7 Å². The van der Waals surface area contributed by atoms with Crippen molar-refractivity contribution in [2.45, 2.75) is 6.54 Å². The van der Waals surface area contributed by atoms with Gasteiger partial charge in [0.2, 0.25) is 13.2 Å². The second-order valence-corrected chi connectivity index (χ2v) is 6.26. The maximum Gasteiger partial charge on any atom is 0.271 e. The normalized spacial score (nSPS) is 15.6. The van der Waals surface area contributed by atoms with Gasteiger partial charge in [-0.3, -0.25) is 9.59 Å². The van der Waals surface area contributed by atoms with Gasteiger partial charge >= 0.3 is 0 Å². The fraction of sp³-hybridized carbons (Fsp3) is 0.333. The molecule has 1 saturated heterocycles. The van der Waals surface area contributed by atoms with Crippen LogP contribution in [0.15, 0.2) is 30.6 Å². The van der Waals surface area contributed by atoms with Crippen LogP contribution in [0.1, 0.15) is 16.1 Å². The van der Waals surface area contributed by atoms with Crippen molar-refractivity contribution in [3.05, 3.63) is 41.9 Å². The Morgan fingerprint density at radius 2 is 1.93 bits per heavy atom. The minimum Gasteiger partial charge on any atom is -0.454 e. The molecule has 9 heteroatoms. The fourth-order valence-corrected chi connectivity index (χ4v) is 2.98. The zero-order chi connectivity index (χ0) is 18.6. The number of nitrogens with zero attached hydrogens (tertiary/aromatic N) is 4. The average Bonchev–Trinajstić information content (AvgIpc) is 3.20. The zero-order valence-electron chi connectivity index (χ0n) is 14.6. The summed E-state index contributed by atoms with van der Waals surface area (Å²) in [5.41, 5.74) is 1.16. The van der Waals surface area contributed by atoms with E-state index < -0.39 is 0 Å². The van der Waals surface area contributed by atoms with Gasteiger partial charge in [0.15, 0.2) is 11.5 Å². The molecule has 0 saturated carbocycles. The SMILES string of the molecule is O=CN1CCN(c2cnc(C(=O)NCc3ccc4c(c3)OCO4)cn2)CC1. The van der Waals surface area contributed by atoms with Crippen molar-refractivity contribution in [1.29, 1.82) is 0 Å². The van der Waals surface area contributed by atoms with Crippen LogP contribution in [0.25, 0.3) is 0 Å². The molecule has 4 rings (SSSR count). The van der Waals surface area contributed by atoms with Gasteiger partial charge in [-0.15, -0.1) is 0 Å². The molecule has 0 radical (unpaired) electrons. The summed E-state index contributed by atoms with van der Waals surface area (Å²) in [6, 6.07) is 5.54. The van der Waals surface area contributed by atoms with Crippen LogP contribution in [0, 0.1) is 0 Å². The highest BCUT2D eigenvalue weighted by atomic mass is 16.7. The highest BCUT2D eigenvalue weighted by Crippen LogP contribution is 2.32. The molecule has 2 aromatic rings. The number of hydrogen-bond acceptors (Lipinski definition) is 7. The predicted molar refractivity (Wildman–Crippen MR) is 95.6 cm³/mol. The monoisotopic (exact) mass is 369 g/mol. The Labute approximate surface area is 155 Å². The number of ether oxygens (including phenoxy) is 2. The smallest absolute Gasteiger partial charge is 0.271 e. The first-order valence-corrected chi connectivity index (χ1v) is 8.66. The molecule has 0 bridgehead atoms. The summed E-state index contributed by atoms with van der Waals surface area (Å²) in [6.45, 7) is 3.28. The summed E-state index contributed by atoms with van der Waals surface area (Å²) in [5.74, 6) is 1.80. The number of carbonyl (C=O) groups excluding carboxylic acids is 2. The lowest BCUT2D eigenvalue weighted by Gasteiger charge is -2.33. The van der Waals surface area contributed by atoms with E-state index in [0.29, 0.717) is 50.0 Å². The number of fused-ring (bicyclic) bond motifs is 1. The van der Waals surface area contributed by atoms with Gasteiger partial charge in [0.25, 0.3) is 5.91 Å². The zero-order valence-corrected chi connectivity index (χ0v) is 14.6. The molecule has 0 aliphatic carbocycles. The number of hydrogen-bond donors (Lipinski definition) is 1. The van der Waals surface area contributed by atoms with Crippen LogP contribution >= 0.6 is 0 Å². The number of amides is 2. The molecule has 0 spiro atoms. The molecule has 9 nitrogen and oxygen atoms in total. The van der Waals surface area contributed by atoms with Gasteiger partial charge in [0.05, 0.1) is 12.4 Å². The number of piperazine rings is 1. The van der Waals surface area contributed by atoms with Crippen LogP contribution in [0.4, 0.5) is 5.82 Å². The summed E-state index contributed by atoms with van der Waals surface area (Å²) in [7, 11) is 0. The highest BCUT2D eigenvalue weighted by molar-refractivity contribution is 5.92. The lowest BCUT2D eigenvalue weighted by atomic mass is 10.2. The van der Waals surface area contributed by atoms with Crippen molar-refractivity contribution in [1.82, 2.24) is 20.2 Å². The Hall–Kier alpha value is -3.36. The minimum atomic E-state index is -0.294. The number of rotatable bonds is 5. The molecule has 0 atom stereocenters. The number of aromatic nitrogens is 2. The van der Waals surface area contributed by atoms with E-state index in [-0.39, 0.29) is 18.4 Å². The third kappa shape index (κ3) is 3.76. The Bertz CT molecular complexity index is 834. The molecule has 1 aromatic carbocycles. The first-order valence-electron chi connectivity index (χ1n) is 8.66. The topological polar surface area (TPSA) is 96.9 Å². The van der Waals surface area contributed by atoms with Crippen molar-refractivity contribution >= 4 is 18.1 Å². The van der Waals surface area contributed by atoms with E-state index in [1.165, 1.54) is 6.20 Å². The third-order valence-electron chi connectivity index (χ3n) is 4.55. The summed E-state index contributed by atoms with van der Waals surface area (Å²) >= 11 is 0. The van der Waals surface area contributed by atoms with Gasteiger partial charge in [-0.05, 0) is 17.7 Å². The van der Waals surface area contributed by atoms with E-state index in [1.807, 2.05) is 23.1 Å². The summed E-state index contributed by atoms with van der Waals surface area (Å²) in [5, 5.41) is 2.82. The van der Waals surface area contributed by atoms with E-state index in [9.17, 15) is 9.59 Å². The standard InChI is InChI=1S/C18H19N5O4/c24-11-22-3-5-23(6-4-22)17-10-19-14(9-20-17)18(25)21-8-13-1-2-15-16(7-13)27-12-26-15/h1-2,7,9-11H,3-6,8,12H2,(H,21,25). The minimum absolute atomic E-state index is 0.220. The predicted octanol–water partition coefficient (Wildman–Crippen LogP) is 0.414. The number of anilines is 1.